The average Bonchev–Trinajstić information content (AvgIpc) is 2.13. The van der Waals surface area contributed by atoms with Crippen LogP contribution in [0.1, 0.15) is 29.8 Å². The molecule has 0 fully saturated rings. The van der Waals surface area contributed by atoms with E-state index in [2.05, 4.69) is 0 Å². The molecule has 88 valence electrons. The molecule has 0 atom stereocenters. The highest BCUT2D eigenvalue weighted by Crippen LogP contribution is 2.18. The van der Waals surface area contributed by atoms with Gasteiger partial charge in [0.25, 0.3) is 0 Å². The number of carboxylic acids is 1. The fourth-order valence-corrected chi connectivity index (χ4v) is 1.23. The molecule has 0 aromatic heterocycles. The second kappa shape index (κ2) is 4.53. The van der Waals surface area contributed by atoms with Crippen LogP contribution in [0.2, 0.25) is 0 Å². The number of aromatic carboxylic acids is 1. The van der Waals surface area contributed by atoms with Crippen LogP contribution in [0.25, 0.3) is 0 Å². The number of hydrogen-bond donors (Lipinski definition) is 2. The quantitative estimate of drug-likeness (QED) is 0.819. The van der Waals surface area contributed by atoms with Gasteiger partial charge in [-0.25, -0.2) is 4.79 Å². The summed E-state index contributed by atoms with van der Waals surface area (Å²) in [5.74, 6) is -0.392. The Kier molecular flexibility index (Phi) is 3.55. The molecular weight excluding hydrogens is 208 g/mol. The molecule has 0 aliphatic rings. The van der Waals surface area contributed by atoms with Crippen molar-refractivity contribution in [2.45, 2.75) is 26.4 Å². The molecule has 1 aromatic rings. The molecule has 2 N–H and O–H groups in total. The summed E-state index contributed by atoms with van der Waals surface area (Å²) in [6.45, 7) is 5.16. The number of ether oxygens (including phenoxy) is 1. The van der Waals surface area contributed by atoms with Crippen molar-refractivity contribution in [2.24, 2.45) is 0 Å². The summed E-state index contributed by atoms with van der Waals surface area (Å²) in [7, 11) is 0. The van der Waals surface area contributed by atoms with Crippen LogP contribution in [-0.4, -0.2) is 28.4 Å². The van der Waals surface area contributed by atoms with Gasteiger partial charge in [-0.3, -0.25) is 0 Å². The second-order valence-electron chi connectivity index (χ2n) is 4.38. The molecule has 0 heterocycles. The van der Waals surface area contributed by atoms with E-state index in [4.69, 9.17) is 9.84 Å². The first-order chi connectivity index (χ1) is 7.29. The van der Waals surface area contributed by atoms with Gasteiger partial charge in [0.15, 0.2) is 0 Å². The highest BCUT2D eigenvalue weighted by molar-refractivity contribution is 5.89. The van der Waals surface area contributed by atoms with Crippen molar-refractivity contribution in [3.05, 3.63) is 29.3 Å². The third-order valence-corrected chi connectivity index (χ3v) is 2.02. The van der Waals surface area contributed by atoms with Crippen LogP contribution in [-0.2, 0) is 0 Å². The van der Waals surface area contributed by atoms with E-state index in [1.807, 2.05) is 0 Å². The van der Waals surface area contributed by atoms with E-state index in [0.717, 1.165) is 0 Å². The van der Waals surface area contributed by atoms with Crippen LogP contribution in [0.5, 0.6) is 5.75 Å². The lowest BCUT2D eigenvalue weighted by molar-refractivity contribution is 0.0284. The molecule has 16 heavy (non-hydrogen) atoms. The smallest absolute Gasteiger partial charge is 0.335 e. The SMILES string of the molecule is Cc1cc(OCC(C)(C)O)ccc1C(=O)O. The van der Waals surface area contributed by atoms with Crippen molar-refractivity contribution < 1.29 is 19.7 Å². The Bertz CT molecular complexity index is 390. The molecule has 0 spiro atoms. The lowest BCUT2D eigenvalue weighted by atomic mass is 10.1. The van der Waals surface area contributed by atoms with Crippen molar-refractivity contribution >= 4 is 5.97 Å². The molecule has 0 radical (unpaired) electrons. The average molecular weight is 224 g/mol. The van der Waals surface area contributed by atoms with Crippen molar-refractivity contribution in [3.63, 3.8) is 0 Å². The van der Waals surface area contributed by atoms with Crippen LogP contribution in [0, 0.1) is 6.92 Å². The van der Waals surface area contributed by atoms with Crippen LogP contribution >= 0.6 is 0 Å². The summed E-state index contributed by atoms with van der Waals surface area (Å²) in [5.41, 5.74) is -0.00400. The summed E-state index contributed by atoms with van der Waals surface area (Å²) in [6.07, 6.45) is 0. The predicted octanol–water partition coefficient (Wildman–Crippen LogP) is 1.84. The molecule has 4 heteroatoms. The highest BCUT2D eigenvalue weighted by atomic mass is 16.5. The van der Waals surface area contributed by atoms with Gasteiger partial charge in [0.05, 0.1) is 11.2 Å². The molecule has 0 aliphatic carbocycles. The zero-order valence-electron chi connectivity index (χ0n) is 9.65. The lowest BCUT2D eigenvalue weighted by Gasteiger charge is -2.18. The Morgan fingerprint density at radius 2 is 2.06 bits per heavy atom. The summed E-state index contributed by atoms with van der Waals surface area (Å²) in [5, 5.41) is 18.3. The molecule has 0 unspecified atom stereocenters. The largest absolute Gasteiger partial charge is 0.491 e. The van der Waals surface area contributed by atoms with Crippen molar-refractivity contribution in [3.8, 4) is 5.75 Å². The summed E-state index contributed by atoms with van der Waals surface area (Å²) >= 11 is 0. The van der Waals surface area contributed by atoms with Gasteiger partial charge in [-0.2, -0.15) is 0 Å². The monoisotopic (exact) mass is 224 g/mol. The van der Waals surface area contributed by atoms with E-state index in [1.165, 1.54) is 6.07 Å². The van der Waals surface area contributed by atoms with E-state index in [9.17, 15) is 9.90 Å². The van der Waals surface area contributed by atoms with Gasteiger partial charge < -0.3 is 14.9 Å². The van der Waals surface area contributed by atoms with E-state index >= 15 is 0 Å². The third kappa shape index (κ3) is 3.55. The van der Waals surface area contributed by atoms with Gasteiger partial charge in [-0.15, -0.1) is 0 Å². The first-order valence-electron chi connectivity index (χ1n) is 4.99. The number of hydrogen-bond acceptors (Lipinski definition) is 3. The van der Waals surface area contributed by atoms with Gasteiger partial charge in [0, 0.05) is 0 Å². The van der Waals surface area contributed by atoms with Gasteiger partial charge >= 0.3 is 5.97 Å². The molecule has 1 aromatic carbocycles. The minimum Gasteiger partial charge on any atom is -0.491 e. The van der Waals surface area contributed by atoms with Gasteiger partial charge in [0.2, 0.25) is 0 Å². The van der Waals surface area contributed by atoms with Gasteiger partial charge in [-0.05, 0) is 44.5 Å². The number of carbonyl (C=O) groups is 1. The van der Waals surface area contributed by atoms with Gasteiger partial charge in [-0.1, -0.05) is 0 Å². The fraction of sp³-hybridized carbons (Fsp3) is 0.417. The number of rotatable bonds is 4. The minimum absolute atomic E-state index is 0.166. The van der Waals surface area contributed by atoms with E-state index in [0.29, 0.717) is 11.3 Å². The maximum Gasteiger partial charge on any atom is 0.335 e. The fourth-order valence-electron chi connectivity index (χ4n) is 1.23. The highest BCUT2D eigenvalue weighted by Gasteiger charge is 2.14. The molecule has 0 aliphatic heterocycles. The lowest BCUT2D eigenvalue weighted by Crippen LogP contribution is -2.27. The van der Waals surface area contributed by atoms with Crippen molar-refractivity contribution in [1.82, 2.24) is 0 Å². The number of benzene rings is 1. The Balaban J connectivity index is 2.78. The zero-order valence-corrected chi connectivity index (χ0v) is 9.65. The number of aliphatic hydroxyl groups is 1. The van der Waals surface area contributed by atoms with E-state index in [1.54, 1.807) is 32.9 Å². The Labute approximate surface area is 94.5 Å². The summed E-state index contributed by atoms with van der Waals surface area (Å²) in [6, 6.07) is 4.73. The maximum atomic E-state index is 10.8. The number of carboxylic acid groups (broad SMARTS) is 1. The first kappa shape index (κ1) is 12.5. The second-order valence-corrected chi connectivity index (χ2v) is 4.38. The summed E-state index contributed by atoms with van der Waals surface area (Å²) in [4.78, 5) is 10.8. The van der Waals surface area contributed by atoms with Crippen LogP contribution < -0.4 is 4.74 Å². The van der Waals surface area contributed by atoms with Crippen LogP contribution in [0.4, 0.5) is 0 Å². The predicted molar refractivity (Wildman–Crippen MR) is 59.9 cm³/mol. The van der Waals surface area contributed by atoms with Crippen molar-refractivity contribution in [2.75, 3.05) is 6.61 Å². The Hall–Kier alpha value is -1.55. The molecular formula is C12H16O4. The Morgan fingerprint density at radius 1 is 1.44 bits per heavy atom. The van der Waals surface area contributed by atoms with Gasteiger partial charge in [0.1, 0.15) is 12.4 Å². The molecule has 0 saturated carbocycles. The zero-order chi connectivity index (χ0) is 12.3. The van der Waals surface area contributed by atoms with Crippen LogP contribution in [0.15, 0.2) is 18.2 Å². The van der Waals surface area contributed by atoms with Crippen LogP contribution in [0.3, 0.4) is 0 Å². The van der Waals surface area contributed by atoms with E-state index in [-0.39, 0.29) is 12.2 Å². The standard InChI is InChI=1S/C12H16O4/c1-8-6-9(16-7-12(2,3)15)4-5-10(8)11(13)14/h4-6,15H,7H2,1-3H3,(H,13,14). The third-order valence-electron chi connectivity index (χ3n) is 2.02. The van der Waals surface area contributed by atoms with Crippen molar-refractivity contribution in [1.29, 1.82) is 0 Å². The first-order valence-corrected chi connectivity index (χ1v) is 4.99. The summed E-state index contributed by atoms with van der Waals surface area (Å²) < 4.78 is 5.34. The molecule has 1 rings (SSSR count). The number of aryl methyl sites for hydroxylation is 1. The molecule has 0 amide bonds. The normalized spacial score (nSPS) is 11.2. The minimum atomic E-state index is -0.952. The topological polar surface area (TPSA) is 66.8 Å². The Morgan fingerprint density at radius 3 is 2.50 bits per heavy atom. The maximum absolute atomic E-state index is 10.8. The molecule has 0 saturated heterocycles. The molecule has 4 nitrogen and oxygen atoms in total. The molecule has 0 bridgehead atoms. The van der Waals surface area contributed by atoms with E-state index < -0.39 is 11.6 Å².